The second-order valence-corrected chi connectivity index (χ2v) is 23.1. The van der Waals surface area contributed by atoms with Crippen LogP contribution in [0.1, 0.15) is 156 Å². The largest absolute Gasteiger partial charge is 0.396 e. The molecule has 0 radical (unpaired) electrons. The number of carbonyl (C=O) groups excluding carboxylic acids is 1. The van der Waals surface area contributed by atoms with Crippen LogP contribution in [0, 0.1) is 57.7 Å². The van der Waals surface area contributed by atoms with Crippen LogP contribution in [0.2, 0.25) is 0 Å². The zero-order valence-corrected chi connectivity index (χ0v) is 39.8. The monoisotopic (exact) mass is 920 g/mol. The average molecular weight is 920 g/mol. The average Bonchev–Trinajstić information content (AvgIpc) is 3.69. The van der Waals surface area contributed by atoms with Crippen molar-refractivity contribution in [2.45, 2.75) is 215 Å². The number of rotatable bonds is 13. The molecule has 13 heteroatoms. The predicted molar refractivity (Wildman–Crippen MR) is 248 cm³/mol. The maximum Gasteiger partial charge on any atom is 0.186 e. The van der Waals surface area contributed by atoms with Crippen LogP contribution >= 0.6 is 0 Å². The molecule has 12 N–H and O–H groups in total. The van der Waals surface area contributed by atoms with Crippen LogP contribution in [0.4, 0.5) is 0 Å². The molecule has 6 fully saturated rings. The fourth-order valence-electron chi connectivity index (χ4n) is 16.8. The van der Waals surface area contributed by atoms with Gasteiger partial charge in [-0.25, -0.2) is 0 Å². The molecule has 13 nitrogen and oxygen atoms in total. The minimum Gasteiger partial charge on any atom is -0.396 e. The molecule has 2 aliphatic heterocycles. The molecule has 18 atom stereocenters. The highest BCUT2D eigenvalue weighted by Gasteiger charge is 2.77. The predicted octanol–water partition coefficient (Wildman–Crippen LogP) is 3.88. The van der Waals surface area contributed by atoms with E-state index in [0.717, 1.165) is 43.4 Å². The molecule has 10 aliphatic rings. The molecular weight excluding hydrogens is 839 g/mol. The summed E-state index contributed by atoms with van der Waals surface area (Å²) in [6.07, 6.45) is 10.2. The number of hydrogen-bond donors (Lipinski definition) is 11. The molecule has 4 bridgehead atoms. The minimum atomic E-state index is -1.81. The third-order valence-electron chi connectivity index (χ3n) is 19.9. The number of dihydropyridines is 1. The number of hydrogen-bond acceptors (Lipinski definition) is 13. The Bertz CT molecular complexity index is 2010. The topological polar surface area (TPSA) is 238 Å². The zero-order chi connectivity index (χ0) is 47.0. The fourth-order valence-corrected chi connectivity index (χ4v) is 16.8. The van der Waals surface area contributed by atoms with Crippen molar-refractivity contribution in [3.8, 4) is 11.8 Å². The van der Waals surface area contributed by atoms with E-state index in [1.165, 1.54) is 6.42 Å². The summed E-state index contributed by atoms with van der Waals surface area (Å²) >= 11 is 0. The smallest absolute Gasteiger partial charge is 0.186 e. The van der Waals surface area contributed by atoms with Gasteiger partial charge in [0, 0.05) is 48.9 Å². The molecule has 2 heterocycles. The molecule has 368 valence electrons. The summed E-state index contributed by atoms with van der Waals surface area (Å²) in [7, 11) is 0. The normalized spacial score (nSPS) is 46.5. The van der Waals surface area contributed by atoms with Gasteiger partial charge in [-0.05, 0) is 157 Å². The van der Waals surface area contributed by atoms with Gasteiger partial charge in [0.2, 0.25) is 0 Å². The number of ketones is 1. The van der Waals surface area contributed by atoms with Gasteiger partial charge >= 0.3 is 0 Å². The number of aliphatic hydroxyl groups is 8. The van der Waals surface area contributed by atoms with Crippen molar-refractivity contribution in [2.75, 3.05) is 13.2 Å². The number of allylic oxidation sites excluding steroid dienone is 4. The highest BCUT2D eigenvalue weighted by molar-refractivity contribution is 6.03. The van der Waals surface area contributed by atoms with Crippen LogP contribution in [-0.2, 0) is 9.53 Å². The standard InChI is InChI=1S/C53H81N3O10/c1-4-9-32-12-15-34-40(16-13-32)66-47-43(34)37(59)11-7-23-53(47,65)48(3,63)41-20-26-52(64)44-35-19-25-49(41,52)21-5-6-22-51(46(62)45(44)55-30-31(2)58)29-39(61)38(60)28-50(35,51)24-18-33-14-17-42(54)56-36(33)10-8-27-57/h14,17,31-32,34-35,37-43,47,55-61,63-65H,4,7-13,15-16,18-30,54H2,1-3H3/t31-,32+,34+,35-,37-,38-,39+,40+,41+,42?,43+,47+,48+,49+,50+,51-,52+,53+/m0/s1. The lowest BCUT2D eigenvalue weighted by Crippen LogP contribution is -2.71. The van der Waals surface area contributed by atoms with E-state index >= 15 is 4.79 Å². The number of ether oxygens (including phenoxy) is 1. The second kappa shape index (κ2) is 18.1. The van der Waals surface area contributed by atoms with Crippen molar-refractivity contribution in [2.24, 2.45) is 51.6 Å². The van der Waals surface area contributed by atoms with Crippen molar-refractivity contribution in [1.29, 1.82) is 0 Å². The maximum atomic E-state index is 15.9. The summed E-state index contributed by atoms with van der Waals surface area (Å²) in [4.78, 5) is 15.9. The van der Waals surface area contributed by atoms with Crippen molar-refractivity contribution in [1.82, 2.24) is 10.6 Å². The maximum absolute atomic E-state index is 15.9. The molecule has 0 aromatic heterocycles. The summed E-state index contributed by atoms with van der Waals surface area (Å²) < 4.78 is 7.02. The number of Topliss-reactive ketones (excluding diaryl/α,β-unsaturated/α-hetero) is 1. The Labute approximate surface area is 392 Å². The molecular formula is C53H81N3O10. The first-order chi connectivity index (χ1) is 31.4. The summed E-state index contributed by atoms with van der Waals surface area (Å²) in [5.74, 6) is 5.86. The molecule has 0 aromatic rings. The SMILES string of the molecule is CCC[C@@H]1CC[C@H]2[C@H]3[C@@H](O[C@@H]2CC1)[C@@](O)([C@](C)(O)[C@H]1CC[C@@]2(O)C4=C(NC[C@H](C)O)C(=O)[C@@]56CC#CC[C@@]12CC[C@@H]4[C@@]5(CCC1=C(CCCO)NC(N)C=C1)C[C@H](O)[C@H](O)C6)CCC[C@@H]3O. The van der Waals surface area contributed by atoms with E-state index in [2.05, 4.69) is 29.4 Å². The van der Waals surface area contributed by atoms with Gasteiger partial charge in [0.05, 0.1) is 65.1 Å². The Morgan fingerprint density at radius 2 is 1.74 bits per heavy atom. The van der Waals surface area contributed by atoms with E-state index in [1.807, 2.05) is 12.2 Å². The fraction of sp³-hybridized carbons (Fsp3) is 0.830. The second-order valence-electron chi connectivity index (χ2n) is 23.1. The van der Waals surface area contributed by atoms with Gasteiger partial charge < -0.3 is 62.0 Å². The molecule has 1 saturated heterocycles. The Kier molecular flexibility index (Phi) is 13.4. The van der Waals surface area contributed by atoms with E-state index < -0.39 is 75.4 Å². The number of fused-ring (bicyclic) bond motifs is 7. The van der Waals surface area contributed by atoms with Gasteiger partial charge in [-0.2, -0.15) is 0 Å². The lowest BCUT2D eigenvalue weighted by Gasteiger charge is -2.67. The molecule has 8 aliphatic carbocycles. The summed E-state index contributed by atoms with van der Waals surface area (Å²) in [5.41, 5.74) is 0.457. The van der Waals surface area contributed by atoms with Crippen molar-refractivity contribution in [3.05, 3.63) is 34.7 Å². The highest BCUT2D eigenvalue weighted by Crippen LogP contribution is 2.75. The molecule has 2 spiro atoms. The Balaban J connectivity index is 1.15. The highest BCUT2D eigenvalue weighted by atomic mass is 16.5. The Hall–Kier alpha value is -2.35. The summed E-state index contributed by atoms with van der Waals surface area (Å²) in [5, 5.41) is 104. The van der Waals surface area contributed by atoms with Crippen LogP contribution in [0.25, 0.3) is 0 Å². The van der Waals surface area contributed by atoms with Gasteiger partial charge in [0.15, 0.2) is 5.78 Å². The van der Waals surface area contributed by atoms with Crippen LogP contribution < -0.4 is 16.4 Å². The number of aliphatic hydroxyl groups excluding tert-OH is 5. The van der Waals surface area contributed by atoms with E-state index in [9.17, 15) is 40.9 Å². The van der Waals surface area contributed by atoms with E-state index in [4.69, 9.17) is 10.5 Å². The van der Waals surface area contributed by atoms with Gasteiger partial charge in [-0.3, -0.25) is 4.79 Å². The van der Waals surface area contributed by atoms with Crippen LogP contribution in [0.3, 0.4) is 0 Å². The van der Waals surface area contributed by atoms with Crippen molar-refractivity contribution < 1.29 is 50.4 Å². The molecule has 0 amide bonds. The molecule has 1 unspecified atom stereocenters. The lowest BCUT2D eigenvalue weighted by atomic mass is 9.37. The first-order valence-electron chi connectivity index (χ1n) is 26.0. The van der Waals surface area contributed by atoms with Crippen LogP contribution in [0.15, 0.2) is 34.7 Å². The summed E-state index contributed by atoms with van der Waals surface area (Å²) in [6.45, 7) is 5.66. The third kappa shape index (κ3) is 7.35. The molecule has 0 aromatic carbocycles. The van der Waals surface area contributed by atoms with Crippen LogP contribution in [-0.4, -0.2) is 119 Å². The molecule has 66 heavy (non-hydrogen) atoms. The van der Waals surface area contributed by atoms with Crippen LogP contribution in [0.5, 0.6) is 0 Å². The summed E-state index contributed by atoms with van der Waals surface area (Å²) in [6, 6.07) is 0. The number of nitrogens with two attached hydrogens (primary N) is 1. The van der Waals surface area contributed by atoms with E-state index in [1.54, 1.807) is 13.8 Å². The first-order valence-corrected chi connectivity index (χ1v) is 26.0. The van der Waals surface area contributed by atoms with Crippen molar-refractivity contribution in [3.63, 3.8) is 0 Å². The van der Waals surface area contributed by atoms with Gasteiger partial charge in [0.25, 0.3) is 0 Å². The lowest BCUT2D eigenvalue weighted by molar-refractivity contribution is -0.256. The van der Waals surface area contributed by atoms with Gasteiger partial charge in [-0.1, -0.05) is 32.3 Å². The molecule has 10 rings (SSSR count). The first kappa shape index (κ1) is 48.7. The number of nitrogens with one attached hydrogen (secondary N) is 2. The van der Waals surface area contributed by atoms with Crippen molar-refractivity contribution >= 4 is 5.78 Å². The van der Waals surface area contributed by atoms with E-state index in [0.29, 0.717) is 69.3 Å². The van der Waals surface area contributed by atoms with Gasteiger partial charge in [-0.15, -0.1) is 11.8 Å². The molecule has 5 saturated carbocycles. The quantitative estimate of drug-likeness (QED) is 0.118. The Morgan fingerprint density at radius 1 is 0.985 bits per heavy atom. The number of carbonyl (C=O) groups is 1. The zero-order valence-electron chi connectivity index (χ0n) is 39.8. The minimum absolute atomic E-state index is 0.00963. The third-order valence-corrected chi connectivity index (χ3v) is 19.9. The van der Waals surface area contributed by atoms with Gasteiger partial charge in [0.1, 0.15) is 5.60 Å². The Morgan fingerprint density at radius 3 is 2.50 bits per heavy atom. The van der Waals surface area contributed by atoms with E-state index in [-0.39, 0.29) is 87.3 Å².